The maximum Gasteiger partial charge on any atom is 0.320 e. The molecular weight excluding hydrogens is 184 g/mol. The van der Waals surface area contributed by atoms with Gasteiger partial charge in [0.15, 0.2) is 0 Å². The van der Waals surface area contributed by atoms with Crippen LogP contribution in [-0.4, -0.2) is 23.5 Å². The van der Waals surface area contributed by atoms with E-state index >= 15 is 0 Å². The fraction of sp³-hybridized carbons (Fsp3) is 0.125. The SMILES string of the molecule is NC(=O)CNC(=O)Nc1ccccn1. The number of aromatic nitrogens is 1. The second-order valence-electron chi connectivity index (χ2n) is 2.49. The van der Waals surface area contributed by atoms with Gasteiger partial charge in [-0.15, -0.1) is 0 Å². The Labute approximate surface area is 80.5 Å². The summed E-state index contributed by atoms with van der Waals surface area (Å²) in [6, 6.07) is 4.58. The number of rotatable bonds is 3. The average Bonchev–Trinajstić information content (AvgIpc) is 2.16. The summed E-state index contributed by atoms with van der Waals surface area (Å²) in [4.78, 5) is 25.2. The third-order valence-electron chi connectivity index (χ3n) is 1.33. The van der Waals surface area contributed by atoms with Crippen molar-refractivity contribution in [2.24, 2.45) is 5.73 Å². The van der Waals surface area contributed by atoms with Crippen LogP contribution in [0.2, 0.25) is 0 Å². The molecule has 0 aliphatic carbocycles. The van der Waals surface area contributed by atoms with Crippen LogP contribution in [0.5, 0.6) is 0 Å². The number of carbonyl (C=O) groups excluding carboxylic acids is 2. The molecule has 1 rings (SSSR count). The van der Waals surface area contributed by atoms with Crippen LogP contribution < -0.4 is 16.4 Å². The lowest BCUT2D eigenvalue weighted by molar-refractivity contribution is -0.117. The van der Waals surface area contributed by atoms with Crippen LogP contribution in [-0.2, 0) is 4.79 Å². The maximum absolute atomic E-state index is 11.0. The molecule has 3 amide bonds. The van der Waals surface area contributed by atoms with Gasteiger partial charge in [-0.05, 0) is 12.1 Å². The molecule has 0 aliphatic heterocycles. The number of hydrogen-bond acceptors (Lipinski definition) is 3. The van der Waals surface area contributed by atoms with Crippen molar-refractivity contribution < 1.29 is 9.59 Å². The van der Waals surface area contributed by atoms with Crippen molar-refractivity contribution in [1.82, 2.24) is 10.3 Å². The van der Waals surface area contributed by atoms with Crippen molar-refractivity contribution in [2.45, 2.75) is 0 Å². The second kappa shape index (κ2) is 4.80. The summed E-state index contributed by atoms with van der Waals surface area (Å²) in [5.74, 6) is -0.185. The maximum atomic E-state index is 11.0. The summed E-state index contributed by atoms with van der Waals surface area (Å²) >= 11 is 0. The molecule has 0 saturated carbocycles. The number of amides is 3. The predicted octanol–water partition coefficient (Wildman–Crippen LogP) is -0.312. The molecule has 6 nitrogen and oxygen atoms in total. The van der Waals surface area contributed by atoms with E-state index in [1.807, 2.05) is 0 Å². The first-order valence-corrected chi connectivity index (χ1v) is 3.92. The van der Waals surface area contributed by atoms with Crippen LogP contribution in [0.15, 0.2) is 24.4 Å². The molecule has 1 aromatic heterocycles. The van der Waals surface area contributed by atoms with Gasteiger partial charge in [0, 0.05) is 6.20 Å². The summed E-state index contributed by atoms with van der Waals surface area (Å²) < 4.78 is 0. The van der Waals surface area contributed by atoms with Crippen molar-refractivity contribution in [2.75, 3.05) is 11.9 Å². The van der Waals surface area contributed by atoms with E-state index in [4.69, 9.17) is 5.73 Å². The summed E-state index contributed by atoms with van der Waals surface area (Å²) in [6.07, 6.45) is 1.55. The van der Waals surface area contributed by atoms with Crippen molar-refractivity contribution in [3.05, 3.63) is 24.4 Å². The highest BCUT2D eigenvalue weighted by atomic mass is 16.2. The minimum absolute atomic E-state index is 0.196. The standard InChI is InChI=1S/C8H10N4O2/c9-6(13)5-11-8(14)12-7-3-1-2-4-10-7/h1-4H,5H2,(H2,9,13)(H2,10,11,12,14). The lowest BCUT2D eigenvalue weighted by Crippen LogP contribution is -2.36. The zero-order valence-electron chi connectivity index (χ0n) is 7.36. The number of nitrogens with two attached hydrogens (primary N) is 1. The normalized spacial score (nSPS) is 9.14. The highest BCUT2D eigenvalue weighted by Crippen LogP contribution is 1.98. The van der Waals surface area contributed by atoms with E-state index < -0.39 is 11.9 Å². The Morgan fingerprint density at radius 3 is 2.79 bits per heavy atom. The number of anilines is 1. The zero-order valence-corrected chi connectivity index (χ0v) is 7.36. The molecule has 0 atom stereocenters. The van der Waals surface area contributed by atoms with Gasteiger partial charge in [-0.3, -0.25) is 10.1 Å². The lowest BCUT2D eigenvalue weighted by atomic mass is 10.5. The Hall–Kier alpha value is -2.11. The fourth-order valence-electron chi connectivity index (χ4n) is 0.765. The van der Waals surface area contributed by atoms with Gasteiger partial charge in [-0.25, -0.2) is 9.78 Å². The first-order chi connectivity index (χ1) is 6.68. The average molecular weight is 194 g/mol. The topological polar surface area (TPSA) is 97.1 Å². The number of primary amides is 1. The van der Waals surface area contributed by atoms with Crippen molar-refractivity contribution in [3.8, 4) is 0 Å². The van der Waals surface area contributed by atoms with Gasteiger partial charge in [0.2, 0.25) is 5.91 Å². The Balaban J connectivity index is 2.38. The van der Waals surface area contributed by atoms with Crippen LogP contribution >= 0.6 is 0 Å². The molecular formula is C8H10N4O2. The van der Waals surface area contributed by atoms with Crippen LogP contribution in [0.1, 0.15) is 0 Å². The zero-order chi connectivity index (χ0) is 10.4. The minimum atomic E-state index is -0.596. The Morgan fingerprint density at radius 2 is 2.21 bits per heavy atom. The van der Waals surface area contributed by atoms with Gasteiger partial charge in [-0.1, -0.05) is 6.07 Å². The van der Waals surface area contributed by atoms with Crippen molar-refractivity contribution in [1.29, 1.82) is 0 Å². The van der Waals surface area contributed by atoms with Crippen molar-refractivity contribution in [3.63, 3.8) is 0 Å². The monoisotopic (exact) mass is 194 g/mol. The molecule has 0 radical (unpaired) electrons. The Kier molecular flexibility index (Phi) is 3.42. The molecule has 1 aromatic rings. The van der Waals surface area contributed by atoms with Gasteiger partial charge >= 0.3 is 6.03 Å². The molecule has 0 unspecified atom stereocenters. The molecule has 14 heavy (non-hydrogen) atoms. The van der Waals surface area contributed by atoms with Gasteiger partial charge in [0.05, 0.1) is 6.54 Å². The summed E-state index contributed by atoms with van der Waals surface area (Å²) in [5, 5.41) is 4.69. The molecule has 0 aromatic carbocycles. The van der Waals surface area contributed by atoms with E-state index in [0.29, 0.717) is 5.82 Å². The summed E-state index contributed by atoms with van der Waals surface area (Å²) in [6.45, 7) is -0.196. The van der Waals surface area contributed by atoms with E-state index in [0.717, 1.165) is 0 Å². The molecule has 0 spiro atoms. The van der Waals surface area contributed by atoms with Gasteiger partial charge in [0.1, 0.15) is 5.82 Å². The minimum Gasteiger partial charge on any atom is -0.368 e. The van der Waals surface area contributed by atoms with Gasteiger partial charge < -0.3 is 11.1 Å². The van der Waals surface area contributed by atoms with E-state index in [2.05, 4.69) is 15.6 Å². The number of urea groups is 1. The number of hydrogen-bond donors (Lipinski definition) is 3. The number of carbonyl (C=O) groups is 2. The van der Waals surface area contributed by atoms with Crippen LogP contribution in [0, 0.1) is 0 Å². The molecule has 0 aliphatic rings. The van der Waals surface area contributed by atoms with E-state index in [1.165, 1.54) is 0 Å². The van der Waals surface area contributed by atoms with E-state index in [1.54, 1.807) is 24.4 Å². The second-order valence-corrected chi connectivity index (χ2v) is 2.49. The summed E-state index contributed by atoms with van der Waals surface area (Å²) in [7, 11) is 0. The first kappa shape index (κ1) is 9.97. The quantitative estimate of drug-likeness (QED) is 0.615. The molecule has 4 N–H and O–H groups in total. The third kappa shape index (κ3) is 3.53. The van der Waals surface area contributed by atoms with E-state index in [-0.39, 0.29) is 6.54 Å². The lowest BCUT2D eigenvalue weighted by Gasteiger charge is -2.04. The highest BCUT2D eigenvalue weighted by Gasteiger charge is 2.02. The fourth-order valence-corrected chi connectivity index (χ4v) is 0.765. The van der Waals surface area contributed by atoms with Crippen LogP contribution in [0.4, 0.5) is 10.6 Å². The number of nitrogens with zero attached hydrogens (tertiary/aromatic N) is 1. The molecule has 6 heteroatoms. The van der Waals surface area contributed by atoms with E-state index in [9.17, 15) is 9.59 Å². The largest absolute Gasteiger partial charge is 0.368 e. The molecule has 0 fully saturated rings. The van der Waals surface area contributed by atoms with Crippen LogP contribution in [0.3, 0.4) is 0 Å². The third-order valence-corrected chi connectivity index (χ3v) is 1.33. The highest BCUT2D eigenvalue weighted by molar-refractivity contribution is 5.91. The number of pyridine rings is 1. The van der Waals surface area contributed by atoms with Gasteiger partial charge in [0.25, 0.3) is 0 Å². The van der Waals surface area contributed by atoms with Crippen LogP contribution in [0.25, 0.3) is 0 Å². The molecule has 0 bridgehead atoms. The predicted molar refractivity (Wildman–Crippen MR) is 50.5 cm³/mol. The first-order valence-electron chi connectivity index (χ1n) is 3.92. The molecule has 74 valence electrons. The smallest absolute Gasteiger partial charge is 0.320 e. The molecule has 1 heterocycles. The van der Waals surface area contributed by atoms with Gasteiger partial charge in [-0.2, -0.15) is 0 Å². The Morgan fingerprint density at radius 1 is 1.43 bits per heavy atom. The molecule has 0 saturated heterocycles. The Bertz CT molecular complexity index is 325. The number of nitrogens with one attached hydrogen (secondary N) is 2. The van der Waals surface area contributed by atoms with Crippen molar-refractivity contribution >= 4 is 17.8 Å². The summed E-state index contributed by atoms with van der Waals surface area (Å²) in [5.41, 5.74) is 4.84.